The summed E-state index contributed by atoms with van der Waals surface area (Å²) in [6.07, 6.45) is 0.640. The molecule has 0 saturated heterocycles. The summed E-state index contributed by atoms with van der Waals surface area (Å²) in [5, 5.41) is 0.305. The second kappa shape index (κ2) is 3.41. The Morgan fingerprint density at radius 1 is 1.00 bits per heavy atom. The molecule has 0 N–H and O–H groups in total. The summed E-state index contributed by atoms with van der Waals surface area (Å²) >= 11 is 1.45. The van der Waals surface area contributed by atoms with Gasteiger partial charge in [-0.3, -0.25) is 4.79 Å². The number of hydrogen-bond donors (Lipinski definition) is 0. The van der Waals surface area contributed by atoms with Gasteiger partial charge in [-0.15, -0.1) is 0 Å². The summed E-state index contributed by atoms with van der Waals surface area (Å²) in [5.74, 6) is 0. The summed E-state index contributed by atoms with van der Waals surface area (Å²) in [4.78, 5) is 12.8. The lowest BCUT2D eigenvalue weighted by molar-refractivity contribution is -0.110. The quantitative estimate of drug-likeness (QED) is 0.604. The number of hydrogen-bond acceptors (Lipinski definition) is 2. The van der Waals surface area contributed by atoms with E-state index in [1.807, 2.05) is 0 Å². The van der Waals surface area contributed by atoms with Gasteiger partial charge in [0.15, 0.2) is 5.12 Å². The van der Waals surface area contributed by atoms with E-state index in [0.717, 1.165) is 0 Å². The second-order valence-corrected chi connectivity index (χ2v) is 7.03. The Bertz CT molecular complexity index is 258. The van der Waals surface area contributed by atoms with Gasteiger partial charge in [-0.2, -0.15) is 0 Å². The topological polar surface area (TPSA) is 17.1 Å². The van der Waals surface area contributed by atoms with Crippen LogP contribution in [0.5, 0.6) is 0 Å². The van der Waals surface area contributed by atoms with E-state index in [1.165, 1.54) is 22.2 Å². The fourth-order valence-corrected chi connectivity index (χ4v) is 2.90. The van der Waals surface area contributed by atoms with Crippen LogP contribution in [-0.4, -0.2) is 5.12 Å². The maximum atomic E-state index is 11.5. The molecule has 1 rings (SSSR count). The van der Waals surface area contributed by atoms with Crippen molar-refractivity contribution in [2.75, 3.05) is 0 Å². The summed E-state index contributed by atoms with van der Waals surface area (Å²) in [5.41, 5.74) is 1.57. The van der Waals surface area contributed by atoms with E-state index in [0.29, 0.717) is 11.5 Å². The maximum absolute atomic E-state index is 11.5. The van der Waals surface area contributed by atoms with Gasteiger partial charge in [-0.25, -0.2) is 0 Å². The van der Waals surface area contributed by atoms with E-state index >= 15 is 0 Å². The van der Waals surface area contributed by atoms with Gasteiger partial charge in [0.05, 0.1) is 0 Å². The average molecular weight is 212 g/mol. The molecular weight excluding hydrogens is 192 g/mol. The van der Waals surface area contributed by atoms with Crippen molar-refractivity contribution in [3.8, 4) is 0 Å². The van der Waals surface area contributed by atoms with Gasteiger partial charge in [0, 0.05) is 6.42 Å². The smallest absolute Gasteiger partial charge is 0.197 e. The van der Waals surface area contributed by atoms with Crippen LogP contribution in [0.2, 0.25) is 0 Å². The molecule has 14 heavy (non-hydrogen) atoms. The Hall–Kier alpha value is -0.240. The number of carbonyl (C=O) groups excluding carboxylic acids is 1. The van der Waals surface area contributed by atoms with Gasteiger partial charge >= 0.3 is 0 Å². The van der Waals surface area contributed by atoms with E-state index in [2.05, 4.69) is 41.5 Å². The second-order valence-electron chi connectivity index (χ2n) is 5.96. The molecule has 0 atom stereocenters. The van der Waals surface area contributed by atoms with Crippen LogP contribution in [0.15, 0.2) is 10.5 Å². The predicted molar refractivity (Wildman–Crippen MR) is 63.2 cm³/mol. The molecule has 0 spiro atoms. The van der Waals surface area contributed by atoms with Crippen LogP contribution in [0.25, 0.3) is 0 Å². The normalized spacial score (nSPS) is 19.4. The summed E-state index contributed by atoms with van der Waals surface area (Å²) in [7, 11) is 0. The first kappa shape index (κ1) is 11.8. The van der Waals surface area contributed by atoms with E-state index in [-0.39, 0.29) is 10.8 Å². The van der Waals surface area contributed by atoms with Crippen molar-refractivity contribution in [2.24, 2.45) is 10.8 Å². The van der Waals surface area contributed by atoms with Gasteiger partial charge < -0.3 is 0 Å². The van der Waals surface area contributed by atoms with Crippen molar-refractivity contribution >= 4 is 16.9 Å². The van der Waals surface area contributed by atoms with E-state index in [4.69, 9.17) is 0 Å². The molecule has 0 aromatic carbocycles. The maximum Gasteiger partial charge on any atom is 0.197 e. The van der Waals surface area contributed by atoms with Crippen LogP contribution >= 0.6 is 11.8 Å². The van der Waals surface area contributed by atoms with E-state index in [9.17, 15) is 4.79 Å². The molecule has 1 aliphatic rings. The van der Waals surface area contributed by atoms with Crippen molar-refractivity contribution in [1.82, 2.24) is 0 Å². The zero-order valence-electron chi connectivity index (χ0n) is 10.0. The van der Waals surface area contributed by atoms with Crippen LogP contribution in [0.3, 0.4) is 0 Å². The number of rotatable bonds is 0. The Morgan fingerprint density at radius 2 is 1.50 bits per heavy atom. The highest BCUT2D eigenvalue weighted by Gasteiger charge is 2.35. The fourth-order valence-electron chi connectivity index (χ4n) is 1.65. The molecule has 0 unspecified atom stereocenters. The Morgan fingerprint density at radius 3 is 1.79 bits per heavy atom. The number of carbonyl (C=O) groups is 1. The first-order chi connectivity index (χ1) is 6.12. The van der Waals surface area contributed by atoms with E-state index < -0.39 is 0 Å². The van der Waals surface area contributed by atoms with Crippen molar-refractivity contribution in [3.05, 3.63) is 10.5 Å². The minimum Gasteiger partial charge on any atom is -0.286 e. The number of thioether (sulfide) groups is 1. The molecule has 1 heterocycles. The number of allylic oxidation sites excluding steroid dienone is 2. The third-order valence-corrected chi connectivity index (χ3v) is 3.83. The first-order valence-electron chi connectivity index (χ1n) is 5.07. The van der Waals surface area contributed by atoms with Crippen molar-refractivity contribution in [3.63, 3.8) is 0 Å². The third-order valence-electron chi connectivity index (χ3n) is 2.40. The molecule has 0 aromatic rings. The third kappa shape index (κ3) is 2.41. The predicted octanol–water partition coefficient (Wildman–Crippen LogP) is 4.00. The van der Waals surface area contributed by atoms with Crippen LogP contribution in [0.4, 0.5) is 0 Å². The molecule has 0 bridgehead atoms. The molecule has 1 nitrogen and oxygen atoms in total. The van der Waals surface area contributed by atoms with Crippen molar-refractivity contribution in [1.29, 1.82) is 0 Å². The molecule has 0 aliphatic carbocycles. The van der Waals surface area contributed by atoms with Crippen molar-refractivity contribution in [2.45, 2.75) is 48.0 Å². The molecule has 0 radical (unpaired) electrons. The van der Waals surface area contributed by atoms with Crippen molar-refractivity contribution < 1.29 is 4.79 Å². The highest BCUT2D eigenvalue weighted by molar-refractivity contribution is 8.17. The monoisotopic (exact) mass is 212 g/mol. The van der Waals surface area contributed by atoms with Crippen LogP contribution in [-0.2, 0) is 4.79 Å². The SMILES string of the molecule is CC(C)(C)C1=C(C(C)(C)C)SC(=O)C1. The molecule has 0 aromatic heterocycles. The van der Waals surface area contributed by atoms with Crippen LogP contribution in [0, 0.1) is 10.8 Å². The molecule has 1 aliphatic heterocycles. The van der Waals surface area contributed by atoms with Crippen LogP contribution in [0.1, 0.15) is 48.0 Å². The standard InChI is InChI=1S/C12H20OS/c1-11(2,3)8-7-9(13)14-10(8)12(4,5)6/h7H2,1-6H3. The van der Waals surface area contributed by atoms with Gasteiger partial charge in [-0.05, 0) is 21.3 Å². The van der Waals surface area contributed by atoms with Gasteiger partial charge in [-0.1, -0.05) is 53.3 Å². The molecular formula is C12H20OS. The van der Waals surface area contributed by atoms with E-state index in [1.54, 1.807) is 0 Å². The van der Waals surface area contributed by atoms with Gasteiger partial charge in [0.1, 0.15) is 0 Å². The zero-order chi connectivity index (χ0) is 11.1. The summed E-state index contributed by atoms with van der Waals surface area (Å²) in [6.45, 7) is 13.1. The molecule has 0 saturated carbocycles. The Labute approximate surface area is 91.3 Å². The van der Waals surface area contributed by atoms with Crippen LogP contribution < -0.4 is 0 Å². The highest BCUT2D eigenvalue weighted by Crippen LogP contribution is 2.49. The highest BCUT2D eigenvalue weighted by atomic mass is 32.2. The Kier molecular flexibility index (Phi) is 2.88. The molecule has 0 fully saturated rings. The fraction of sp³-hybridized carbons (Fsp3) is 0.750. The minimum atomic E-state index is 0.111. The molecule has 0 amide bonds. The zero-order valence-corrected chi connectivity index (χ0v) is 10.8. The summed E-state index contributed by atoms with van der Waals surface area (Å²) in [6, 6.07) is 0. The summed E-state index contributed by atoms with van der Waals surface area (Å²) < 4.78 is 0. The van der Waals surface area contributed by atoms with Gasteiger partial charge in [0.25, 0.3) is 0 Å². The largest absolute Gasteiger partial charge is 0.286 e. The first-order valence-corrected chi connectivity index (χ1v) is 5.89. The lowest BCUT2D eigenvalue weighted by atomic mass is 9.80. The lowest BCUT2D eigenvalue weighted by Gasteiger charge is -2.27. The Balaban J connectivity index is 3.14. The van der Waals surface area contributed by atoms with Gasteiger partial charge in [0.2, 0.25) is 0 Å². The minimum absolute atomic E-state index is 0.111. The molecule has 2 heteroatoms. The molecule has 80 valence electrons. The lowest BCUT2D eigenvalue weighted by Crippen LogP contribution is -2.15. The average Bonchev–Trinajstić information content (AvgIpc) is 2.27.